The molecular weight excluding hydrogens is 321 g/mol. The van der Waals surface area contributed by atoms with Crippen LogP contribution in [0, 0.1) is 0 Å². The molecule has 0 saturated carbocycles. The fourth-order valence-electron chi connectivity index (χ4n) is 1.82. The van der Waals surface area contributed by atoms with Gasteiger partial charge in [-0.15, -0.1) is 0 Å². The maximum atomic E-state index is 13.5. The Bertz CT molecular complexity index is 642. The topological polar surface area (TPSA) is 43.7 Å². The average molecular weight is 342 g/mol. The third kappa shape index (κ3) is 5.72. The number of aromatic nitrogens is 1. The third-order valence-electron chi connectivity index (χ3n) is 2.75. The van der Waals surface area contributed by atoms with Gasteiger partial charge >= 0.3 is 6.18 Å². The highest BCUT2D eigenvalue weighted by Gasteiger charge is 2.41. The Labute approximate surface area is 139 Å². The molecular formula is C17H21F3N2O2. The van der Waals surface area contributed by atoms with E-state index >= 15 is 0 Å². The first-order valence-corrected chi connectivity index (χ1v) is 7.15. The van der Waals surface area contributed by atoms with Gasteiger partial charge in [-0.2, -0.15) is 13.2 Å². The van der Waals surface area contributed by atoms with Crippen LogP contribution in [0.2, 0.25) is 0 Å². The van der Waals surface area contributed by atoms with Gasteiger partial charge in [-0.3, -0.25) is 4.98 Å². The number of allylic oxidation sites excluding steroid dienone is 1. The highest BCUT2D eigenvalue weighted by atomic mass is 19.4. The second kappa shape index (κ2) is 7.51. The fourth-order valence-corrected chi connectivity index (χ4v) is 1.82. The molecule has 1 heterocycles. The first kappa shape index (κ1) is 19.7. The van der Waals surface area contributed by atoms with Crippen molar-refractivity contribution in [1.82, 2.24) is 4.98 Å². The van der Waals surface area contributed by atoms with Gasteiger partial charge in [-0.25, -0.2) is 4.99 Å². The molecule has 0 fully saturated rings. The molecule has 7 heteroatoms. The molecule has 0 spiro atoms. The summed E-state index contributed by atoms with van der Waals surface area (Å²) in [5.74, 6) is -1.16. The van der Waals surface area contributed by atoms with E-state index in [2.05, 4.69) is 16.6 Å². The summed E-state index contributed by atoms with van der Waals surface area (Å²) in [6.07, 6.45) is -1.67. The number of methoxy groups -OCH3 is 1. The van der Waals surface area contributed by atoms with Crippen molar-refractivity contribution in [3.63, 3.8) is 0 Å². The Morgan fingerprint density at radius 2 is 1.88 bits per heavy atom. The van der Waals surface area contributed by atoms with E-state index in [1.54, 1.807) is 46.0 Å². The molecule has 1 rings (SSSR count). The minimum absolute atomic E-state index is 0.324. The molecule has 1 aromatic heterocycles. The number of aliphatic imine (C=N–C) groups is 1. The summed E-state index contributed by atoms with van der Waals surface area (Å²) in [5, 5.41) is 0. The van der Waals surface area contributed by atoms with E-state index in [9.17, 15) is 13.2 Å². The first-order chi connectivity index (χ1) is 11.0. The van der Waals surface area contributed by atoms with Crippen LogP contribution in [0.1, 0.15) is 33.3 Å². The monoisotopic (exact) mass is 342 g/mol. The summed E-state index contributed by atoms with van der Waals surface area (Å²) in [7, 11) is 1.12. The second-order valence-electron chi connectivity index (χ2n) is 5.96. The number of nitrogens with zero attached hydrogens (tertiary/aromatic N) is 2. The molecule has 0 N–H and O–H groups in total. The van der Waals surface area contributed by atoms with Gasteiger partial charge in [0.2, 0.25) is 5.88 Å². The summed E-state index contributed by atoms with van der Waals surface area (Å²) in [6, 6.07) is 3.35. The van der Waals surface area contributed by atoms with Gasteiger partial charge < -0.3 is 9.47 Å². The number of ether oxygens (including phenoxy) is 2. The van der Waals surface area contributed by atoms with Crippen LogP contribution >= 0.6 is 0 Å². The Morgan fingerprint density at radius 1 is 1.25 bits per heavy atom. The van der Waals surface area contributed by atoms with Gasteiger partial charge in [0.05, 0.1) is 12.8 Å². The molecule has 0 unspecified atom stereocenters. The summed E-state index contributed by atoms with van der Waals surface area (Å²) in [5.41, 5.74) is -1.08. The lowest BCUT2D eigenvalue weighted by Gasteiger charge is -2.25. The van der Waals surface area contributed by atoms with Gasteiger partial charge in [0, 0.05) is 18.0 Å². The molecule has 0 aliphatic heterocycles. The lowest BCUT2D eigenvalue weighted by atomic mass is 10.1. The normalized spacial score (nSPS) is 14.1. The first-order valence-electron chi connectivity index (χ1n) is 7.15. The molecule has 0 aliphatic carbocycles. The molecule has 0 atom stereocenters. The fraction of sp³-hybridized carbons (Fsp3) is 0.412. The minimum atomic E-state index is -4.73. The zero-order chi connectivity index (χ0) is 18.5. The van der Waals surface area contributed by atoms with Crippen molar-refractivity contribution in [3.05, 3.63) is 53.9 Å². The quantitative estimate of drug-likeness (QED) is 0.445. The standard InChI is InChI=1S/C17H21F3N2O2/c1-11(13-8-7-9-21-10-13)22-15(23-6)14(17(18,19)20)12(2)24-16(3,4)5/h7-10H,2H2,1,3-6H3/b15-14-,22-11+. The number of alkyl halides is 3. The lowest BCUT2D eigenvalue weighted by molar-refractivity contribution is -0.101. The van der Waals surface area contributed by atoms with Gasteiger partial charge in [0.15, 0.2) is 5.57 Å². The van der Waals surface area contributed by atoms with Crippen LogP contribution in [0.4, 0.5) is 13.2 Å². The van der Waals surface area contributed by atoms with Crippen molar-refractivity contribution >= 4 is 5.71 Å². The zero-order valence-corrected chi connectivity index (χ0v) is 14.4. The molecule has 0 aliphatic rings. The summed E-state index contributed by atoms with van der Waals surface area (Å²) < 4.78 is 50.6. The summed E-state index contributed by atoms with van der Waals surface area (Å²) in [6.45, 7) is 9.84. The SMILES string of the molecule is C=C(OC(C)(C)C)/C(=C(\N=C(/C)c1cccnc1)OC)C(F)(F)F. The van der Waals surface area contributed by atoms with E-state index < -0.39 is 29.0 Å². The van der Waals surface area contributed by atoms with Crippen LogP contribution in [0.15, 0.2) is 53.3 Å². The average Bonchev–Trinajstić information content (AvgIpc) is 2.43. The van der Waals surface area contributed by atoms with Gasteiger partial charge in [0.1, 0.15) is 11.4 Å². The lowest BCUT2D eigenvalue weighted by Crippen LogP contribution is -2.24. The van der Waals surface area contributed by atoms with Crippen LogP contribution in [-0.2, 0) is 9.47 Å². The van der Waals surface area contributed by atoms with Crippen molar-refractivity contribution in [3.8, 4) is 0 Å². The van der Waals surface area contributed by atoms with E-state index in [1.807, 2.05) is 0 Å². The highest BCUT2D eigenvalue weighted by molar-refractivity contribution is 5.98. The molecule has 0 bridgehead atoms. The Morgan fingerprint density at radius 3 is 2.29 bits per heavy atom. The van der Waals surface area contributed by atoms with E-state index in [0.29, 0.717) is 11.3 Å². The number of halogens is 3. The molecule has 132 valence electrons. The summed E-state index contributed by atoms with van der Waals surface area (Å²) >= 11 is 0. The van der Waals surface area contributed by atoms with E-state index in [4.69, 9.17) is 9.47 Å². The van der Waals surface area contributed by atoms with Crippen LogP contribution in [0.5, 0.6) is 0 Å². The van der Waals surface area contributed by atoms with E-state index in [1.165, 1.54) is 6.20 Å². The van der Waals surface area contributed by atoms with Crippen LogP contribution in [-0.4, -0.2) is 29.6 Å². The van der Waals surface area contributed by atoms with Crippen molar-refractivity contribution in [2.75, 3.05) is 7.11 Å². The molecule has 0 aromatic carbocycles. The van der Waals surface area contributed by atoms with Gasteiger partial charge in [-0.05, 0) is 33.8 Å². The maximum absolute atomic E-state index is 13.5. The van der Waals surface area contributed by atoms with Crippen LogP contribution in [0.3, 0.4) is 0 Å². The zero-order valence-electron chi connectivity index (χ0n) is 14.4. The largest absolute Gasteiger partial charge is 0.488 e. The Hall–Kier alpha value is -2.31. The highest BCUT2D eigenvalue weighted by Crippen LogP contribution is 2.36. The molecule has 0 amide bonds. The molecule has 0 radical (unpaired) electrons. The van der Waals surface area contributed by atoms with Gasteiger partial charge in [0.25, 0.3) is 0 Å². The molecule has 24 heavy (non-hydrogen) atoms. The minimum Gasteiger partial charge on any atom is -0.488 e. The number of hydrogen-bond donors (Lipinski definition) is 0. The number of pyridine rings is 1. The van der Waals surface area contributed by atoms with Crippen molar-refractivity contribution in [2.45, 2.75) is 39.5 Å². The smallest absolute Gasteiger partial charge is 0.425 e. The van der Waals surface area contributed by atoms with E-state index in [0.717, 1.165) is 7.11 Å². The van der Waals surface area contributed by atoms with Crippen LogP contribution in [0.25, 0.3) is 0 Å². The Balaban J connectivity index is 3.40. The predicted octanol–water partition coefficient (Wildman–Crippen LogP) is 4.64. The van der Waals surface area contributed by atoms with Crippen molar-refractivity contribution in [2.24, 2.45) is 4.99 Å². The van der Waals surface area contributed by atoms with Crippen molar-refractivity contribution < 1.29 is 22.6 Å². The molecule has 0 saturated heterocycles. The number of rotatable bonds is 5. The number of hydrogen-bond acceptors (Lipinski definition) is 4. The van der Waals surface area contributed by atoms with E-state index in [-0.39, 0.29) is 0 Å². The van der Waals surface area contributed by atoms with Crippen molar-refractivity contribution in [1.29, 1.82) is 0 Å². The van der Waals surface area contributed by atoms with Gasteiger partial charge in [-0.1, -0.05) is 12.6 Å². The second-order valence-corrected chi connectivity index (χ2v) is 5.96. The maximum Gasteiger partial charge on any atom is 0.425 e. The molecule has 4 nitrogen and oxygen atoms in total. The third-order valence-corrected chi connectivity index (χ3v) is 2.75. The Kier molecular flexibility index (Phi) is 6.17. The molecule has 1 aromatic rings. The predicted molar refractivity (Wildman–Crippen MR) is 86.5 cm³/mol. The summed E-state index contributed by atoms with van der Waals surface area (Å²) in [4.78, 5) is 7.87. The van der Waals surface area contributed by atoms with Crippen LogP contribution < -0.4 is 0 Å².